The lowest BCUT2D eigenvalue weighted by Crippen LogP contribution is -2.28. The minimum Gasteiger partial charge on any atom is -0.387 e. The molecule has 1 atom stereocenters. The van der Waals surface area contributed by atoms with Crippen molar-refractivity contribution in [3.63, 3.8) is 0 Å². The Bertz CT molecular complexity index is 605. The van der Waals surface area contributed by atoms with Gasteiger partial charge in [0.15, 0.2) is 0 Å². The quantitative estimate of drug-likeness (QED) is 0.825. The fraction of sp³-hybridized carbons (Fsp3) is 0.294. The van der Waals surface area contributed by atoms with Crippen LogP contribution in [0.4, 0.5) is 0 Å². The molecule has 0 radical (unpaired) electrons. The molecule has 1 aromatic heterocycles. The monoisotopic (exact) mass is 318 g/mol. The third kappa shape index (κ3) is 5.13. The molecular formula is C17H19ClN2O2. The molecule has 0 aliphatic carbocycles. The zero-order chi connectivity index (χ0) is 15.8. The van der Waals surface area contributed by atoms with E-state index in [-0.39, 0.29) is 12.5 Å². The second-order valence-electron chi connectivity index (χ2n) is 5.02. The molecule has 1 amide bonds. The smallest absolute Gasteiger partial charge is 0.220 e. The van der Waals surface area contributed by atoms with Crippen LogP contribution in [0.15, 0.2) is 48.7 Å². The Balaban J connectivity index is 1.70. The van der Waals surface area contributed by atoms with Gasteiger partial charge in [-0.25, -0.2) is 0 Å². The average molecular weight is 319 g/mol. The summed E-state index contributed by atoms with van der Waals surface area (Å²) in [4.78, 5) is 16.0. The summed E-state index contributed by atoms with van der Waals surface area (Å²) in [5, 5.41) is 13.3. The predicted octanol–water partition coefficient (Wildman–Crippen LogP) is 2.91. The molecule has 0 saturated heterocycles. The van der Waals surface area contributed by atoms with Crippen LogP contribution in [-0.2, 0) is 11.2 Å². The molecule has 0 saturated carbocycles. The minimum absolute atomic E-state index is 0.0814. The SMILES string of the molecule is O=C(CCCc1ccccn1)NC[C@H](O)c1ccccc1Cl. The maximum atomic E-state index is 11.8. The van der Waals surface area contributed by atoms with E-state index < -0.39 is 6.10 Å². The van der Waals surface area contributed by atoms with Crippen LogP contribution in [0, 0.1) is 0 Å². The topological polar surface area (TPSA) is 62.2 Å². The van der Waals surface area contributed by atoms with Crippen molar-refractivity contribution in [2.24, 2.45) is 0 Å². The van der Waals surface area contributed by atoms with Crippen molar-refractivity contribution in [2.75, 3.05) is 6.54 Å². The summed E-state index contributed by atoms with van der Waals surface area (Å²) in [6.07, 6.45) is 2.85. The number of benzene rings is 1. The van der Waals surface area contributed by atoms with Gasteiger partial charge in [0.05, 0.1) is 6.10 Å². The molecule has 4 nitrogen and oxygen atoms in total. The first-order valence-corrected chi connectivity index (χ1v) is 7.63. The van der Waals surface area contributed by atoms with Crippen molar-refractivity contribution in [2.45, 2.75) is 25.4 Å². The zero-order valence-corrected chi connectivity index (χ0v) is 13.0. The van der Waals surface area contributed by atoms with Crippen molar-refractivity contribution in [3.05, 3.63) is 64.9 Å². The summed E-state index contributed by atoms with van der Waals surface area (Å²) in [6, 6.07) is 12.8. The van der Waals surface area contributed by atoms with Crippen molar-refractivity contribution in [1.29, 1.82) is 0 Å². The van der Waals surface area contributed by atoms with Crippen molar-refractivity contribution in [3.8, 4) is 0 Å². The third-order valence-electron chi connectivity index (χ3n) is 3.32. The van der Waals surface area contributed by atoms with Crippen LogP contribution < -0.4 is 5.32 Å². The Morgan fingerprint density at radius 1 is 1.23 bits per heavy atom. The average Bonchev–Trinajstić information content (AvgIpc) is 2.54. The second kappa shape index (κ2) is 8.51. The maximum Gasteiger partial charge on any atom is 0.220 e. The lowest BCUT2D eigenvalue weighted by Gasteiger charge is -2.13. The van der Waals surface area contributed by atoms with Crippen LogP contribution in [0.2, 0.25) is 5.02 Å². The number of hydrogen-bond acceptors (Lipinski definition) is 3. The van der Waals surface area contributed by atoms with E-state index in [0.717, 1.165) is 18.5 Å². The number of aliphatic hydroxyl groups is 1. The lowest BCUT2D eigenvalue weighted by molar-refractivity contribution is -0.121. The molecule has 1 aromatic carbocycles. The fourth-order valence-corrected chi connectivity index (χ4v) is 2.39. The summed E-state index contributed by atoms with van der Waals surface area (Å²) < 4.78 is 0. The van der Waals surface area contributed by atoms with Crippen LogP contribution in [0.25, 0.3) is 0 Å². The summed E-state index contributed by atoms with van der Waals surface area (Å²) in [7, 11) is 0. The highest BCUT2D eigenvalue weighted by atomic mass is 35.5. The van der Waals surface area contributed by atoms with E-state index in [1.165, 1.54) is 0 Å². The van der Waals surface area contributed by atoms with Gasteiger partial charge in [-0.05, 0) is 31.0 Å². The Kier molecular flexibility index (Phi) is 6.37. The number of hydrogen-bond donors (Lipinski definition) is 2. The number of aliphatic hydroxyl groups excluding tert-OH is 1. The van der Waals surface area contributed by atoms with Crippen molar-refractivity contribution in [1.82, 2.24) is 10.3 Å². The first-order valence-electron chi connectivity index (χ1n) is 7.26. The zero-order valence-electron chi connectivity index (χ0n) is 12.2. The Morgan fingerprint density at radius 2 is 2.00 bits per heavy atom. The molecule has 0 aliphatic rings. The van der Waals surface area contributed by atoms with E-state index >= 15 is 0 Å². The molecule has 0 fully saturated rings. The van der Waals surface area contributed by atoms with Crippen LogP contribution in [-0.4, -0.2) is 22.5 Å². The predicted molar refractivity (Wildman–Crippen MR) is 86.6 cm³/mol. The highest BCUT2D eigenvalue weighted by molar-refractivity contribution is 6.31. The van der Waals surface area contributed by atoms with E-state index in [1.54, 1.807) is 30.5 Å². The first kappa shape index (κ1) is 16.5. The summed E-state index contributed by atoms with van der Waals surface area (Å²) in [5.41, 5.74) is 1.60. The molecular weight excluding hydrogens is 300 g/mol. The van der Waals surface area contributed by atoms with Gasteiger partial charge in [0.2, 0.25) is 5.91 Å². The summed E-state index contributed by atoms with van der Waals surface area (Å²) >= 11 is 6.01. The van der Waals surface area contributed by atoms with Gasteiger partial charge < -0.3 is 10.4 Å². The molecule has 116 valence electrons. The largest absolute Gasteiger partial charge is 0.387 e. The number of pyridine rings is 1. The number of carbonyl (C=O) groups excluding carboxylic acids is 1. The number of halogens is 1. The maximum absolute atomic E-state index is 11.8. The van der Waals surface area contributed by atoms with Crippen LogP contribution in [0.5, 0.6) is 0 Å². The molecule has 0 unspecified atom stereocenters. The first-order chi connectivity index (χ1) is 10.7. The molecule has 0 bridgehead atoms. The molecule has 2 aromatic rings. The number of rotatable bonds is 7. The summed E-state index contributed by atoms with van der Waals surface area (Å²) in [6.45, 7) is 0.159. The van der Waals surface area contributed by atoms with E-state index in [1.807, 2.05) is 18.2 Å². The van der Waals surface area contributed by atoms with Gasteiger partial charge in [0.1, 0.15) is 0 Å². The summed E-state index contributed by atoms with van der Waals surface area (Å²) in [5.74, 6) is -0.0814. The second-order valence-corrected chi connectivity index (χ2v) is 5.42. The van der Waals surface area contributed by atoms with Gasteiger partial charge in [-0.1, -0.05) is 35.9 Å². The third-order valence-corrected chi connectivity index (χ3v) is 3.66. The van der Waals surface area contributed by atoms with Gasteiger partial charge >= 0.3 is 0 Å². The van der Waals surface area contributed by atoms with E-state index in [0.29, 0.717) is 17.0 Å². The van der Waals surface area contributed by atoms with Gasteiger partial charge in [0, 0.05) is 35.4 Å². The number of nitrogens with one attached hydrogen (secondary N) is 1. The van der Waals surface area contributed by atoms with Crippen molar-refractivity contribution < 1.29 is 9.90 Å². The molecule has 2 rings (SSSR count). The van der Waals surface area contributed by atoms with Gasteiger partial charge in [0.25, 0.3) is 0 Å². The van der Waals surface area contributed by atoms with E-state index in [9.17, 15) is 9.90 Å². The Morgan fingerprint density at radius 3 is 2.73 bits per heavy atom. The number of amides is 1. The Hall–Kier alpha value is -1.91. The number of aromatic nitrogens is 1. The number of nitrogens with zero attached hydrogens (tertiary/aromatic N) is 1. The number of aryl methyl sites for hydroxylation is 1. The fourth-order valence-electron chi connectivity index (χ4n) is 2.13. The van der Waals surface area contributed by atoms with Crippen molar-refractivity contribution >= 4 is 17.5 Å². The minimum atomic E-state index is -0.798. The van der Waals surface area contributed by atoms with Gasteiger partial charge in [-0.2, -0.15) is 0 Å². The number of carbonyl (C=O) groups is 1. The molecule has 22 heavy (non-hydrogen) atoms. The normalized spacial score (nSPS) is 11.9. The van der Waals surface area contributed by atoms with Gasteiger partial charge in [-0.3, -0.25) is 9.78 Å². The molecule has 1 heterocycles. The molecule has 2 N–H and O–H groups in total. The molecule has 5 heteroatoms. The van der Waals surface area contributed by atoms with Crippen LogP contribution in [0.3, 0.4) is 0 Å². The lowest BCUT2D eigenvalue weighted by atomic mass is 10.1. The highest BCUT2D eigenvalue weighted by Crippen LogP contribution is 2.21. The standard InChI is InChI=1S/C17H19ClN2O2/c18-15-9-2-1-8-14(15)16(21)12-20-17(22)10-5-7-13-6-3-4-11-19-13/h1-4,6,8-9,11,16,21H,5,7,10,12H2,(H,20,22)/t16-/m0/s1. The Labute approximate surface area is 135 Å². The van der Waals surface area contributed by atoms with E-state index in [2.05, 4.69) is 10.3 Å². The van der Waals surface area contributed by atoms with Crippen LogP contribution in [0.1, 0.15) is 30.2 Å². The molecule has 0 aliphatic heterocycles. The van der Waals surface area contributed by atoms with Crippen LogP contribution >= 0.6 is 11.6 Å². The molecule has 0 spiro atoms. The van der Waals surface area contributed by atoms with E-state index in [4.69, 9.17) is 11.6 Å². The highest BCUT2D eigenvalue weighted by Gasteiger charge is 2.12. The van der Waals surface area contributed by atoms with Gasteiger partial charge in [-0.15, -0.1) is 0 Å².